The first kappa shape index (κ1) is 27.9. The van der Waals surface area contributed by atoms with E-state index in [4.69, 9.17) is 9.31 Å². The van der Waals surface area contributed by atoms with Crippen LogP contribution in [-0.4, -0.2) is 18.3 Å². The van der Waals surface area contributed by atoms with E-state index < -0.39 is 0 Å². The molecule has 2 aliphatic rings. The van der Waals surface area contributed by atoms with Crippen molar-refractivity contribution in [3.63, 3.8) is 0 Å². The van der Waals surface area contributed by atoms with Crippen LogP contribution in [0.2, 0.25) is 0 Å². The summed E-state index contributed by atoms with van der Waals surface area (Å²) >= 11 is 3.75. The van der Waals surface area contributed by atoms with Gasteiger partial charge in [0.05, 0.1) is 11.2 Å². The highest BCUT2D eigenvalue weighted by atomic mass is 79.9. The van der Waals surface area contributed by atoms with E-state index in [2.05, 4.69) is 93.9 Å². The monoisotopic (exact) mass is 552 g/mol. The lowest BCUT2D eigenvalue weighted by molar-refractivity contribution is 0.00578. The zero-order valence-corrected chi connectivity index (χ0v) is 25.1. The summed E-state index contributed by atoms with van der Waals surface area (Å²) in [6, 6.07) is 13.7. The van der Waals surface area contributed by atoms with Crippen molar-refractivity contribution < 1.29 is 9.31 Å². The molecule has 36 heavy (non-hydrogen) atoms. The summed E-state index contributed by atoms with van der Waals surface area (Å²) in [7, 11) is -0.322. The van der Waals surface area contributed by atoms with Crippen LogP contribution < -0.4 is 5.46 Å². The fourth-order valence-electron chi connectivity index (χ4n) is 5.97. The molecule has 1 aliphatic heterocycles. The second-order valence-electron chi connectivity index (χ2n) is 12.3. The molecule has 0 aromatic heterocycles. The van der Waals surface area contributed by atoms with Crippen LogP contribution in [0.25, 0.3) is 11.1 Å². The topological polar surface area (TPSA) is 18.5 Å². The van der Waals surface area contributed by atoms with Crippen molar-refractivity contribution in [2.75, 3.05) is 0 Å². The van der Waals surface area contributed by atoms with Crippen molar-refractivity contribution in [1.29, 1.82) is 0 Å². The molecule has 2 nitrogen and oxygen atoms in total. The Morgan fingerprint density at radius 1 is 0.667 bits per heavy atom. The van der Waals surface area contributed by atoms with Gasteiger partial charge in [0.15, 0.2) is 0 Å². The molecule has 1 fully saturated rings. The molecule has 1 saturated heterocycles. The molecule has 4 heteroatoms. The largest absolute Gasteiger partial charge is 0.494 e. The molecule has 0 radical (unpaired) electrons. The number of unbranched alkanes of at least 4 members (excludes halogenated alkanes) is 9. The van der Waals surface area contributed by atoms with Gasteiger partial charge in [-0.2, -0.15) is 0 Å². The minimum atomic E-state index is -0.330. The third kappa shape index (κ3) is 5.66. The van der Waals surface area contributed by atoms with E-state index in [0.717, 1.165) is 9.94 Å². The van der Waals surface area contributed by atoms with Crippen LogP contribution in [0.15, 0.2) is 40.9 Å². The van der Waals surface area contributed by atoms with Crippen LogP contribution in [0.5, 0.6) is 0 Å². The predicted molar refractivity (Wildman–Crippen MR) is 158 cm³/mol. The lowest BCUT2D eigenvalue weighted by Crippen LogP contribution is -2.41. The molecule has 0 amide bonds. The molecule has 0 N–H and O–H groups in total. The van der Waals surface area contributed by atoms with Crippen LogP contribution in [-0.2, 0) is 14.7 Å². The average Bonchev–Trinajstić information content (AvgIpc) is 3.20. The summed E-state index contributed by atoms with van der Waals surface area (Å²) in [5, 5.41) is 0. The minimum absolute atomic E-state index is 0.00818. The molecule has 1 aliphatic carbocycles. The van der Waals surface area contributed by atoms with E-state index in [1.54, 1.807) is 0 Å². The van der Waals surface area contributed by atoms with Gasteiger partial charge in [-0.1, -0.05) is 118 Å². The first-order chi connectivity index (χ1) is 17.1. The maximum Gasteiger partial charge on any atom is 0.494 e. The number of halogens is 1. The predicted octanol–water partition coefficient (Wildman–Crippen LogP) is 9.35. The zero-order valence-electron chi connectivity index (χ0n) is 23.5. The molecule has 0 saturated carbocycles. The van der Waals surface area contributed by atoms with Gasteiger partial charge in [0.1, 0.15) is 0 Å². The third-order valence-electron chi connectivity index (χ3n) is 9.06. The molecular formula is C32H46BBrO2. The molecular weight excluding hydrogens is 507 g/mol. The lowest BCUT2D eigenvalue weighted by Gasteiger charge is -2.32. The Kier molecular flexibility index (Phi) is 8.79. The number of benzene rings is 2. The highest BCUT2D eigenvalue weighted by Crippen LogP contribution is 2.52. The molecule has 1 atom stereocenters. The van der Waals surface area contributed by atoms with Gasteiger partial charge in [-0.3, -0.25) is 0 Å². The summed E-state index contributed by atoms with van der Waals surface area (Å²) in [4.78, 5) is 0. The van der Waals surface area contributed by atoms with Crippen LogP contribution in [0.1, 0.15) is 123 Å². The average molecular weight is 553 g/mol. The highest BCUT2D eigenvalue weighted by molar-refractivity contribution is 9.10. The SMILES string of the molecule is CCCCCCCCCCCC[C@]1(C)c2cc(Br)ccc2-c2ccc(B3OC(C)(C)C(C)(C)O3)cc21. The summed E-state index contributed by atoms with van der Waals surface area (Å²) in [6.07, 6.45) is 14.9. The molecule has 4 rings (SSSR count). The van der Waals surface area contributed by atoms with Crippen LogP contribution in [0.3, 0.4) is 0 Å². The third-order valence-corrected chi connectivity index (χ3v) is 9.55. The molecule has 0 unspecified atom stereocenters. The van der Waals surface area contributed by atoms with Gasteiger partial charge in [0.2, 0.25) is 0 Å². The molecule has 0 spiro atoms. The van der Waals surface area contributed by atoms with Crippen molar-refractivity contribution >= 4 is 28.5 Å². The van der Waals surface area contributed by atoms with E-state index in [0.29, 0.717) is 0 Å². The number of hydrogen-bond acceptors (Lipinski definition) is 2. The van der Waals surface area contributed by atoms with Gasteiger partial charge >= 0.3 is 7.12 Å². The number of hydrogen-bond donors (Lipinski definition) is 0. The number of fused-ring (bicyclic) bond motifs is 3. The summed E-state index contributed by atoms with van der Waals surface area (Å²) in [6.45, 7) is 13.3. The Labute approximate surface area is 229 Å². The first-order valence-electron chi connectivity index (χ1n) is 14.4. The first-order valence-corrected chi connectivity index (χ1v) is 15.2. The van der Waals surface area contributed by atoms with Crippen molar-refractivity contribution in [2.24, 2.45) is 0 Å². The van der Waals surface area contributed by atoms with Gasteiger partial charge in [-0.25, -0.2) is 0 Å². The van der Waals surface area contributed by atoms with Gasteiger partial charge in [-0.15, -0.1) is 0 Å². The fraction of sp³-hybridized carbons (Fsp3) is 0.625. The Hall–Kier alpha value is -1.10. The van der Waals surface area contributed by atoms with Gasteiger partial charge in [-0.05, 0) is 74.0 Å². The van der Waals surface area contributed by atoms with Crippen molar-refractivity contribution in [1.82, 2.24) is 0 Å². The van der Waals surface area contributed by atoms with E-state index in [-0.39, 0.29) is 23.7 Å². The van der Waals surface area contributed by atoms with Gasteiger partial charge in [0, 0.05) is 9.89 Å². The van der Waals surface area contributed by atoms with Crippen molar-refractivity contribution in [3.05, 3.63) is 52.0 Å². The van der Waals surface area contributed by atoms with E-state index >= 15 is 0 Å². The second-order valence-corrected chi connectivity index (χ2v) is 13.3. The molecule has 1 heterocycles. The van der Waals surface area contributed by atoms with Gasteiger partial charge < -0.3 is 9.31 Å². The molecule has 2 aromatic carbocycles. The lowest BCUT2D eigenvalue weighted by atomic mass is 9.72. The van der Waals surface area contributed by atoms with E-state index in [9.17, 15) is 0 Å². The quantitative estimate of drug-likeness (QED) is 0.193. The number of rotatable bonds is 12. The highest BCUT2D eigenvalue weighted by Gasteiger charge is 2.52. The Bertz CT molecular complexity index is 1030. The summed E-state index contributed by atoms with van der Waals surface area (Å²) in [5.41, 5.74) is 6.11. The Morgan fingerprint density at radius 2 is 1.17 bits per heavy atom. The van der Waals surface area contributed by atoms with E-state index in [1.807, 2.05) is 0 Å². The standard InChI is InChI=1S/C32H46BBrO2/c1-7-8-9-10-11-12-13-14-15-16-21-32(6)28-22-24(33-35-30(2,3)31(4,5)36-33)17-19-26(28)27-20-18-25(34)23-29(27)32/h17-20,22-23H,7-16,21H2,1-6H3/t32-/m0/s1. The van der Waals surface area contributed by atoms with Crippen LogP contribution in [0, 0.1) is 0 Å². The van der Waals surface area contributed by atoms with Crippen molar-refractivity contribution in [3.8, 4) is 11.1 Å². The summed E-state index contributed by atoms with van der Waals surface area (Å²) < 4.78 is 14.0. The Morgan fingerprint density at radius 3 is 1.75 bits per heavy atom. The fourth-order valence-corrected chi connectivity index (χ4v) is 6.33. The Balaban J connectivity index is 1.46. The normalized spacial score (nSPS) is 21.6. The summed E-state index contributed by atoms with van der Waals surface area (Å²) in [5.74, 6) is 0. The molecule has 0 bridgehead atoms. The molecule has 196 valence electrons. The maximum atomic E-state index is 6.41. The maximum absolute atomic E-state index is 6.41. The van der Waals surface area contributed by atoms with E-state index in [1.165, 1.54) is 92.9 Å². The second kappa shape index (κ2) is 11.3. The smallest absolute Gasteiger partial charge is 0.399 e. The molecule has 2 aromatic rings. The van der Waals surface area contributed by atoms with Crippen molar-refractivity contribution in [2.45, 2.75) is 129 Å². The minimum Gasteiger partial charge on any atom is -0.399 e. The zero-order chi connectivity index (χ0) is 26.0. The van der Waals surface area contributed by atoms with Crippen LogP contribution >= 0.6 is 15.9 Å². The van der Waals surface area contributed by atoms with Gasteiger partial charge in [0.25, 0.3) is 0 Å². The van der Waals surface area contributed by atoms with Crippen LogP contribution in [0.4, 0.5) is 0 Å².